The molecule has 0 aromatic heterocycles. The van der Waals surface area contributed by atoms with E-state index in [1.54, 1.807) is 11.8 Å². The number of methoxy groups -OCH3 is 1. The SMILES string of the molecule is COC(=O)CCc1cc(C[C@H]2CCC(=O)[C@@H]2CSc2cc(C)c(CCO)c(C)c2)ccc1C#N. The molecule has 1 aliphatic carbocycles. The number of aliphatic hydroxyl groups excluding tert-OH is 1. The Hall–Kier alpha value is -2.62. The van der Waals surface area contributed by atoms with E-state index in [9.17, 15) is 20.0 Å². The van der Waals surface area contributed by atoms with E-state index < -0.39 is 0 Å². The van der Waals surface area contributed by atoms with Crippen LogP contribution < -0.4 is 0 Å². The maximum atomic E-state index is 12.7. The molecule has 3 rings (SSSR count). The Morgan fingerprint density at radius 2 is 1.94 bits per heavy atom. The maximum absolute atomic E-state index is 12.7. The van der Waals surface area contributed by atoms with Crippen molar-refractivity contribution in [1.82, 2.24) is 0 Å². The van der Waals surface area contributed by atoms with E-state index in [-0.39, 0.29) is 30.8 Å². The highest BCUT2D eigenvalue weighted by Gasteiger charge is 2.34. The Morgan fingerprint density at radius 3 is 2.59 bits per heavy atom. The number of aryl methyl sites for hydroxylation is 3. The molecule has 0 saturated heterocycles. The van der Waals surface area contributed by atoms with Gasteiger partial charge in [0.1, 0.15) is 5.78 Å². The number of nitriles is 1. The molecule has 5 nitrogen and oxygen atoms in total. The molecule has 2 aromatic carbocycles. The van der Waals surface area contributed by atoms with E-state index in [1.165, 1.54) is 28.7 Å². The Morgan fingerprint density at radius 1 is 1.21 bits per heavy atom. The molecule has 0 unspecified atom stereocenters. The number of carbonyl (C=O) groups excluding carboxylic acids is 2. The standard InChI is InChI=1S/C28H33NO4S/c1-18-12-24(13-19(2)25(18)10-11-30)34-17-26-22(6-8-27(26)31)15-20-4-5-23(16-29)21(14-20)7-9-28(32)33-3/h4-5,12-14,22,26,30H,6-11,15,17H2,1-3H3/t22-,26-/m1/s1. The molecule has 0 amide bonds. The first-order chi connectivity index (χ1) is 16.4. The van der Waals surface area contributed by atoms with E-state index >= 15 is 0 Å². The second kappa shape index (κ2) is 12.2. The Balaban J connectivity index is 1.69. The maximum Gasteiger partial charge on any atom is 0.305 e. The van der Waals surface area contributed by atoms with Crippen molar-refractivity contribution in [3.63, 3.8) is 0 Å². The number of thioether (sulfide) groups is 1. The summed E-state index contributed by atoms with van der Waals surface area (Å²) in [5.41, 5.74) is 6.11. The number of hydrogen-bond donors (Lipinski definition) is 1. The summed E-state index contributed by atoms with van der Waals surface area (Å²) in [5.74, 6) is 1.09. The van der Waals surface area contributed by atoms with Crippen molar-refractivity contribution in [2.75, 3.05) is 19.5 Å². The summed E-state index contributed by atoms with van der Waals surface area (Å²) in [7, 11) is 1.37. The van der Waals surface area contributed by atoms with Crippen LogP contribution in [-0.4, -0.2) is 36.3 Å². The molecule has 0 bridgehead atoms. The molecule has 180 valence electrons. The van der Waals surface area contributed by atoms with Crippen LogP contribution in [0.3, 0.4) is 0 Å². The number of hydrogen-bond acceptors (Lipinski definition) is 6. The number of rotatable bonds is 10. The van der Waals surface area contributed by atoms with Gasteiger partial charge in [-0.05, 0) is 91.5 Å². The van der Waals surface area contributed by atoms with Gasteiger partial charge in [-0.15, -0.1) is 11.8 Å². The number of ketones is 1. The molecular weight excluding hydrogens is 446 g/mol. The highest BCUT2D eigenvalue weighted by molar-refractivity contribution is 7.99. The summed E-state index contributed by atoms with van der Waals surface area (Å²) in [6.07, 6.45) is 3.67. The molecule has 1 aliphatic rings. The quantitative estimate of drug-likeness (QED) is 0.391. The van der Waals surface area contributed by atoms with Gasteiger partial charge < -0.3 is 9.84 Å². The van der Waals surface area contributed by atoms with Crippen molar-refractivity contribution in [2.24, 2.45) is 11.8 Å². The molecule has 2 atom stereocenters. The van der Waals surface area contributed by atoms with Gasteiger partial charge in [-0.2, -0.15) is 5.26 Å². The lowest BCUT2D eigenvalue weighted by atomic mass is 9.89. The normalized spacial score (nSPS) is 17.6. The molecule has 1 fully saturated rings. The highest BCUT2D eigenvalue weighted by atomic mass is 32.2. The third-order valence-electron chi connectivity index (χ3n) is 6.82. The van der Waals surface area contributed by atoms with Crippen LogP contribution in [0.15, 0.2) is 35.2 Å². The van der Waals surface area contributed by atoms with Crippen LogP contribution >= 0.6 is 11.8 Å². The number of esters is 1. The van der Waals surface area contributed by atoms with Crippen LogP contribution in [0.1, 0.15) is 52.6 Å². The number of ether oxygens (including phenoxy) is 1. The largest absolute Gasteiger partial charge is 0.469 e. The number of aliphatic hydroxyl groups is 1. The van der Waals surface area contributed by atoms with E-state index in [0.717, 1.165) is 29.7 Å². The van der Waals surface area contributed by atoms with E-state index in [1.807, 2.05) is 18.2 Å². The minimum absolute atomic E-state index is 0.0110. The fraction of sp³-hybridized carbons (Fsp3) is 0.464. The van der Waals surface area contributed by atoms with Crippen LogP contribution in [0.5, 0.6) is 0 Å². The second-order valence-corrected chi connectivity index (χ2v) is 10.2. The molecular formula is C28H33NO4S. The summed E-state index contributed by atoms with van der Waals surface area (Å²) in [5, 5.41) is 18.7. The topological polar surface area (TPSA) is 87.4 Å². The van der Waals surface area contributed by atoms with Crippen molar-refractivity contribution in [3.05, 3.63) is 63.7 Å². The molecule has 0 heterocycles. The van der Waals surface area contributed by atoms with Crippen LogP contribution in [0.4, 0.5) is 0 Å². The van der Waals surface area contributed by atoms with Gasteiger partial charge >= 0.3 is 5.97 Å². The van der Waals surface area contributed by atoms with E-state index in [4.69, 9.17) is 4.74 Å². The molecule has 0 aliphatic heterocycles. The number of nitrogens with zero attached hydrogens (tertiary/aromatic N) is 1. The third-order valence-corrected chi connectivity index (χ3v) is 7.91. The van der Waals surface area contributed by atoms with Crippen molar-refractivity contribution in [2.45, 2.75) is 57.3 Å². The molecule has 6 heteroatoms. The van der Waals surface area contributed by atoms with E-state index in [2.05, 4.69) is 32.0 Å². The Bertz CT molecular complexity index is 1070. The monoisotopic (exact) mass is 479 g/mol. The van der Waals surface area contributed by atoms with Crippen molar-refractivity contribution < 1.29 is 19.4 Å². The second-order valence-electron chi connectivity index (χ2n) is 9.08. The van der Waals surface area contributed by atoms with Gasteiger partial charge in [0, 0.05) is 36.0 Å². The molecule has 34 heavy (non-hydrogen) atoms. The predicted molar refractivity (Wildman–Crippen MR) is 134 cm³/mol. The summed E-state index contributed by atoms with van der Waals surface area (Å²) in [4.78, 5) is 25.4. The zero-order chi connectivity index (χ0) is 24.7. The van der Waals surface area contributed by atoms with Gasteiger partial charge in [0.15, 0.2) is 0 Å². The fourth-order valence-corrected chi connectivity index (χ4v) is 6.26. The first-order valence-corrected chi connectivity index (χ1v) is 12.8. The molecule has 0 spiro atoms. The lowest BCUT2D eigenvalue weighted by Gasteiger charge is -2.19. The van der Waals surface area contributed by atoms with Crippen LogP contribution in [0, 0.1) is 37.0 Å². The fourth-order valence-electron chi connectivity index (χ4n) is 4.91. The average molecular weight is 480 g/mol. The average Bonchev–Trinajstić information content (AvgIpc) is 3.17. The minimum Gasteiger partial charge on any atom is -0.469 e. The molecule has 2 aromatic rings. The lowest BCUT2D eigenvalue weighted by molar-refractivity contribution is -0.140. The van der Waals surface area contributed by atoms with Crippen molar-refractivity contribution in [1.29, 1.82) is 5.26 Å². The number of Topliss-reactive ketones (excluding diaryl/α,β-unsaturated/α-hetero) is 1. The summed E-state index contributed by atoms with van der Waals surface area (Å²) in [6.45, 7) is 4.30. The first-order valence-electron chi connectivity index (χ1n) is 11.8. The summed E-state index contributed by atoms with van der Waals surface area (Å²) < 4.78 is 4.73. The van der Waals surface area contributed by atoms with E-state index in [0.29, 0.717) is 30.6 Å². The smallest absolute Gasteiger partial charge is 0.305 e. The Labute approximate surface area is 206 Å². The van der Waals surface area contributed by atoms with Crippen molar-refractivity contribution >= 4 is 23.5 Å². The van der Waals surface area contributed by atoms with Gasteiger partial charge in [-0.1, -0.05) is 12.1 Å². The number of benzene rings is 2. The molecule has 0 radical (unpaired) electrons. The van der Waals surface area contributed by atoms with Gasteiger partial charge in [0.25, 0.3) is 0 Å². The van der Waals surface area contributed by atoms with Crippen molar-refractivity contribution in [3.8, 4) is 6.07 Å². The Kier molecular flexibility index (Phi) is 9.32. The van der Waals surface area contributed by atoms with Gasteiger partial charge in [0.2, 0.25) is 0 Å². The predicted octanol–water partition coefficient (Wildman–Crippen LogP) is 4.75. The summed E-state index contributed by atoms with van der Waals surface area (Å²) >= 11 is 1.74. The van der Waals surface area contributed by atoms with Crippen LogP contribution in [0.2, 0.25) is 0 Å². The molecule has 1 N–H and O–H groups in total. The van der Waals surface area contributed by atoms with Gasteiger partial charge in [0.05, 0.1) is 18.7 Å². The number of carbonyl (C=O) groups is 2. The van der Waals surface area contributed by atoms with Gasteiger partial charge in [-0.25, -0.2) is 0 Å². The summed E-state index contributed by atoms with van der Waals surface area (Å²) in [6, 6.07) is 12.3. The minimum atomic E-state index is -0.289. The first kappa shape index (κ1) is 26.0. The third kappa shape index (κ3) is 6.49. The lowest BCUT2D eigenvalue weighted by Crippen LogP contribution is -2.19. The molecule has 1 saturated carbocycles. The van der Waals surface area contributed by atoms with Crippen LogP contribution in [-0.2, 0) is 33.6 Å². The van der Waals surface area contributed by atoms with Crippen LogP contribution in [0.25, 0.3) is 0 Å². The zero-order valence-corrected chi connectivity index (χ0v) is 21.0. The highest BCUT2D eigenvalue weighted by Crippen LogP contribution is 2.37. The zero-order valence-electron chi connectivity index (χ0n) is 20.2. The van der Waals surface area contributed by atoms with Gasteiger partial charge in [-0.3, -0.25) is 9.59 Å².